The molecule has 2 amide bonds. The van der Waals surface area contributed by atoms with Crippen molar-refractivity contribution in [3.05, 3.63) is 59.7 Å². The average Bonchev–Trinajstić information content (AvgIpc) is 3.17. The molecule has 1 saturated heterocycles. The molecular formula is C27H33N3O4S. The van der Waals surface area contributed by atoms with Crippen LogP contribution >= 0.6 is 0 Å². The Morgan fingerprint density at radius 3 is 2.34 bits per heavy atom. The summed E-state index contributed by atoms with van der Waals surface area (Å²) < 4.78 is 28.3. The van der Waals surface area contributed by atoms with Crippen molar-refractivity contribution in [1.29, 1.82) is 0 Å². The van der Waals surface area contributed by atoms with Crippen LogP contribution in [0.1, 0.15) is 50.2 Å². The van der Waals surface area contributed by atoms with E-state index in [1.807, 2.05) is 42.2 Å². The van der Waals surface area contributed by atoms with Gasteiger partial charge >= 0.3 is 0 Å². The molecule has 0 aromatic heterocycles. The Morgan fingerprint density at radius 2 is 1.69 bits per heavy atom. The molecule has 2 fully saturated rings. The number of rotatable bonds is 6. The summed E-state index contributed by atoms with van der Waals surface area (Å²) >= 11 is 0. The summed E-state index contributed by atoms with van der Waals surface area (Å²) in [4.78, 5) is 27.7. The minimum Gasteiger partial charge on any atom is -0.352 e. The Labute approximate surface area is 207 Å². The first kappa shape index (κ1) is 24.0. The minimum atomic E-state index is -3.65. The van der Waals surface area contributed by atoms with E-state index in [1.165, 1.54) is 4.31 Å². The van der Waals surface area contributed by atoms with Crippen LogP contribution in [0.4, 0.5) is 5.69 Å². The van der Waals surface area contributed by atoms with E-state index >= 15 is 0 Å². The first-order valence-electron chi connectivity index (χ1n) is 12.6. The predicted molar refractivity (Wildman–Crippen MR) is 134 cm³/mol. The molecule has 0 radical (unpaired) electrons. The fourth-order valence-electron chi connectivity index (χ4n) is 5.39. The van der Waals surface area contributed by atoms with Crippen LogP contribution < -0.4 is 10.2 Å². The van der Waals surface area contributed by atoms with Crippen molar-refractivity contribution in [1.82, 2.24) is 9.62 Å². The zero-order chi connectivity index (χ0) is 24.6. The van der Waals surface area contributed by atoms with Crippen LogP contribution in [0.5, 0.6) is 0 Å². The lowest BCUT2D eigenvalue weighted by Crippen LogP contribution is -2.43. The topological polar surface area (TPSA) is 86.8 Å². The molecule has 5 rings (SSSR count). The fraction of sp³-hybridized carbons (Fsp3) is 0.481. The van der Waals surface area contributed by atoms with Gasteiger partial charge in [-0.1, -0.05) is 36.8 Å². The monoisotopic (exact) mass is 495 g/mol. The Bertz CT molecular complexity index is 1200. The van der Waals surface area contributed by atoms with E-state index in [4.69, 9.17) is 0 Å². The van der Waals surface area contributed by atoms with Crippen LogP contribution in [-0.4, -0.2) is 43.7 Å². The van der Waals surface area contributed by atoms with E-state index in [0.717, 1.165) is 36.1 Å². The second-order valence-corrected chi connectivity index (χ2v) is 12.0. The second kappa shape index (κ2) is 9.74. The van der Waals surface area contributed by atoms with E-state index in [-0.39, 0.29) is 34.6 Å². The Balaban J connectivity index is 1.22. The quantitative estimate of drug-likeness (QED) is 0.665. The second-order valence-electron chi connectivity index (χ2n) is 10.1. The maximum absolute atomic E-state index is 13.4. The number of nitrogens with one attached hydrogen (secondary N) is 1. The van der Waals surface area contributed by atoms with Crippen molar-refractivity contribution in [3.63, 3.8) is 0 Å². The SMILES string of the molecule is CC1Cc2cc(S(=O)(=O)N3CCC(C(=O)NCc4ccccc4)CC3)ccc2N1C(=O)C1CCC1. The number of carbonyl (C=O) groups is 2. The average molecular weight is 496 g/mol. The molecule has 35 heavy (non-hydrogen) atoms. The number of anilines is 1. The fourth-order valence-corrected chi connectivity index (χ4v) is 6.91. The molecule has 3 aliphatic rings. The summed E-state index contributed by atoms with van der Waals surface area (Å²) in [6, 6.07) is 15.0. The van der Waals surface area contributed by atoms with Gasteiger partial charge in [0.2, 0.25) is 21.8 Å². The highest BCUT2D eigenvalue weighted by Crippen LogP contribution is 2.38. The van der Waals surface area contributed by atoms with Crippen LogP contribution in [0.3, 0.4) is 0 Å². The molecule has 2 aliphatic heterocycles. The van der Waals surface area contributed by atoms with E-state index in [2.05, 4.69) is 5.32 Å². The minimum absolute atomic E-state index is 0.0198. The number of amides is 2. The molecule has 1 aliphatic carbocycles. The number of hydrogen-bond donors (Lipinski definition) is 1. The van der Waals surface area contributed by atoms with Gasteiger partial charge in [0.1, 0.15) is 0 Å². The van der Waals surface area contributed by atoms with Gasteiger partial charge in [0.25, 0.3) is 0 Å². The molecule has 1 saturated carbocycles. The van der Waals surface area contributed by atoms with E-state index in [1.54, 1.807) is 18.2 Å². The van der Waals surface area contributed by atoms with Crippen LogP contribution in [-0.2, 0) is 32.6 Å². The molecule has 7 nitrogen and oxygen atoms in total. The lowest BCUT2D eigenvalue weighted by atomic mass is 9.84. The number of fused-ring (bicyclic) bond motifs is 1. The summed E-state index contributed by atoms with van der Waals surface area (Å²) in [5, 5.41) is 2.98. The largest absolute Gasteiger partial charge is 0.352 e. The molecule has 0 spiro atoms. The third-order valence-corrected chi connectivity index (χ3v) is 9.63. The van der Waals surface area contributed by atoms with Gasteiger partial charge in [0.05, 0.1) is 4.90 Å². The van der Waals surface area contributed by atoms with Gasteiger partial charge in [-0.3, -0.25) is 9.59 Å². The zero-order valence-corrected chi connectivity index (χ0v) is 21.0. The molecule has 1 unspecified atom stereocenters. The molecule has 1 N–H and O–H groups in total. The van der Waals surface area contributed by atoms with Gasteiger partial charge in [-0.2, -0.15) is 4.31 Å². The molecule has 8 heteroatoms. The van der Waals surface area contributed by atoms with Crippen LogP contribution in [0.15, 0.2) is 53.4 Å². The lowest BCUT2D eigenvalue weighted by Gasteiger charge is -2.32. The van der Waals surface area contributed by atoms with Gasteiger partial charge in [-0.15, -0.1) is 0 Å². The first-order valence-corrected chi connectivity index (χ1v) is 14.1. The van der Waals surface area contributed by atoms with Crippen molar-refractivity contribution in [2.45, 2.75) is 62.9 Å². The third-order valence-electron chi connectivity index (χ3n) is 7.73. The summed E-state index contributed by atoms with van der Waals surface area (Å²) in [6.07, 6.45) is 4.68. The van der Waals surface area contributed by atoms with E-state index in [9.17, 15) is 18.0 Å². The number of nitrogens with zero attached hydrogens (tertiary/aromatic N) is 2. The Morgan fingerprint density at radius 1 is 0.971 bits per heavy atom. The standard InChI is InChI=1S/C27H33N3O4S/c1-19-16-23-17-24(10-11-25(23)30(19)27(32)22-8-5-9-22)35(33,34)29-14-12-21(13-15-29)26(31)28-18-20-6-3-2-4-7-20/h2-4,6-7,10-11,17,19,21-22H,5,8-9,12-16,18H2,1H3,(H,28,31). The van der Waals surface area contributed by atoms with Gasteiger partial charge in [-0.25, -0.2) is 8.42 Å². The predicted octanol–water partition coefficient (Wildman–Crippen LogP) is 3.48. The van der Waals surface area contributed by atoms with Crippen molar-refractivity contribution in [2.75, 3.05) is 18.0 Å². The van der Waals surface area contributed by atoms with E-state index in [0.29, 0.717) is 38.9 Å². The van der Waals surface area contributed by atoms with Crippen LogP contribution in [0.2, 0.25) is 0 Å². The van der Waals surface area contributed by atoms with Gasteiger partial charge in [-0.05, 0) is 68.4 Å². The summed E-state index contributed by atoms with van der Waals surface area (Å²) in [5.74, 6) is 0.0782. The van der Waals surface area contributed by atoms with Crippen molar-refractivity contribution < 1.29 is 18.0 Å². The molecule has 0 bridgehead atoms. The lowest BCUT2D eigenvalue weighted by molar-refractivity contribution is -0.126. The molecule has 2 heterocycles. The first-order chi connectivity index (χ1) is 16.8. The summed E-state index contributed by atoms with van der Waals surface area (Å²) in [6.45, 7) is 3.15. The van der Waals surface area contributed by atoms with Crippen LogP contribution in [0, 0.1) is 11.8 Å². The highest BCUT2D eigenvalue weighted by molar-refractivity contribution is 7.89. The summed E-state index contributed by atoms with van der Waals surface area (Å²) in [5.41, 5.74) is 2.81. The van der Waals surface area contributed by atoms with E-state index < -0.39 is 10.0 Å². The van der Waals surface area contributed by atoms with Crippen molar-refractivity contribution >= 4 is 27.5 Å². The normalized spacial score (nSPS) is 21.4. The van der Waals surface area contributed by atoms with Gasteiger partial charge in [0, 0.05) is 43.2 Å². The van der Waals surface area contributed by atoms with Crippen molar-refractivity contribution in [3.8, 4) is 0 Å². The number of benzene rings is 2. The number of hydrogen-bond acceptors (Lipinski definition) is 4. The molecule has 186 valence electrons. The number of piperidine rings is 1. The maximum Gasteiger partial charge on any atom is 0.243 e. The molecule has 2 aromatic carbocycles. The molecule has 2 aromatic rings. The molecule has 1 atom stereocenters. The Kier molecular flexibility index (Phi) is 6.68. The Hall–Kier alpha value is -2.71. The highest BCUT2D eigenvalue weighted by Gasteiger charge is 2.38. The highest BCUT2D eigenvalue weighted by atomic mass is 32.2. The smallest absolute Gasteiger partial charge is 0.243 e. The van der Waals surface area contributed by atoms with Gasteiger partial charge < -0.3 is 10.2 Å². The maximum atomic E-state index is 13.4. The summed E-state index contributed by atoms with van der Waals surface area (Å²) in [7, 11) is -3.65. The third kappa shape index (κ3) is 4.74. The molecular weight excluding hydrogens is 462 g/mol. The number of sulfonamides is 1. The zero-order valence-electron chi connectivity index (χ0n) is 20.2. The number of carbonyl (C=O) groups excluding carboxylic acids is 2. The van der Waals surface area contributed by atoms with Crippen molar-refractivity contribution in [2.24, 2.45) is 11.8 Å². The van der Waals surface area contributed by atoms with Gasteiger partial charge in [0.15, 0.2) is 0 Å². The van der Waals surface area contributed by atoms with Crippen LogP contribution in [0.25, 0.3) is 0 Å².